The summed E-state index contributed by atoms with van der Waals surface area (Å²) in [7, 11) is -1.25. The lowest BCUT2D eigenvalue weighted by molar-refractivity contribution is -0.117. The summed E-state index contributed by atoms with van der Waals surface area (Å²) in [6.45, 7) is 0. The molecular formula is C23H22Cl2N2O5S. The van der Waals surface area contributed by atoms with Gasteiger partial charge in [-0.05, 0) is 36.2 Å². The number of sulfonamides is 1. The molecule has 0 aliphatic carbocycles. The average Bonchev–Trinajstić information content (AvgIpc) is 2.81. The molecule has 0 radical (unpaired) electrons. The molecule has 1 amide bonds. The molecule has 174 valence electrons. The first kappa shape index (κ1) is 24.9. The maximum absolute atomic E-state index is 13.2. The molecule has 3 aromatic carbocycles. The molecule has 0 aromatic heterocycles. The highest BCUT2D eigenvalue weighted by Gasteiger charge is 2.28. The van der Waals surface area contributed by atoms with Gasteiger partial charge in [0.15, 0.2) is 11.5 Å². The molecule has 0 saturated heterocycles. The van der Waals surface area contributed by atoms with E-state index < -0.39 is 22.0 Å². The van der Waals surface area contributed by atoms with Crippen LogP contribution >= 0.6 is 23.2 Å². The van der Waals surface area contributed by atoms with Crippen molar-refractivity contribution < 1.29 is 22.7 Å². The van der Waals surface area contributed by atoms with Crippen molar-refractivity contribution in [1.29, 1.82) is 0 Å². The van der Waals surface area contributed by atoms with Gasteiger partial charge in [-0.1, -0.05) is 59.6 Å². The highest BCUT2D eigenvalue weighted by molar-refractivity contribution is 7.89. The van der Waals surface area contributed by atoms with Crippen LogP contribution in [0.4, 0.5) is 5.69 Å². The highest BCUT2D eigenvalue weighted by atomic mass is 35.5. The third-order valence-corrected chi connectivity index (χ3v) is 6.87. The maximum Gasteiger partial charge on any atom is 0.242 e. The Morgan fingerprint density at radius 2 is 1.55 bits per heavy atom. The van der Waals surface area contributed by atoms with Crippen molar-refractivity contribution in [2.75, 3.05) is 19.5 Å². The number of carbonyl (C=O) groups is 1. The standard InChI is InChI=1S/C23H22Cl2N2O5S/c1-31-20-12-11-16(14-21(20)32-2)33(29,30)27-19(13-15-7-4-3-5-8-15)23(28)26-22-17(24)9-6-10-18(22)25/h3-12,14,19,27H,13H2,1-2H3,(H,26,28)/t19-/m1/s1. The minimum absolute atomic E-state index is 0.0817. The second-order valence-corrected chi connectivity index (χ2v) is 9.49. The third-order valence-electron chi connectivity index (χ3n) is 4.77. The van der Waals surface area contributed by atoms with Crippen molar-refractivity contribution in [1.82, 2.24) is 4.72 Å². The molecule has 3 rings (SSSR count). The van der Waals surface area contributed by atoms with Crippen LogP contribution in [0.15, 0.2) is 71.6 Å². The van der Waals surface area contributed by atoms with Gasteiger partial charge in [-0.2, -0.15) is 4.72 Å². The van der Waals surface area contributed by atoms with Gasteiger partial charge in [0.2, 0.25) is 15.9 Å². The Morgan fingerprint density at radius 1 is 0.909 bits per heavy atom. The molecule has 0 aliphatic heterocycles. The van der Waals surface area contributed by atoms with E-state index in [4.69, 9.17) is 32.7 Å². The topological polar surface area (TPSA) is 93.7 Å². The van der Waals surface area contributed by atoms with Gasteiger partial charge in [0.1, 0.15) is 6.04 Å². The van der Waals surface area contributed by atoms with Gasteiger partial charge in [-0.3, -0.25) is 4.79 Å². The fraction of sp³-hybridized carbons (Fsp3) is 0.174. The number of nitrogens with one attached hydrogen (secondary N) is 2. The Bertz CT molecular complexity index is 1220. The molecule has 0 heterocycles. The second kappa shape index (κ2) is 10.9. The van der Waals surface area contributed by atoms with Crippen LogP contribution in [0.1, 0.15) is 5.56 Å². The summed E-state index contributed by atoms with van der Waals surface area (Å²) in [6.07, 6.45) is 0.0985. The van der Waals surface area contributed by atoms with Crippen LogP contribution in [-0.4, -0.2) is 34.6 Å². The number of carbonyl (C=O) groups excluding carboxylic acids is 1. The summed E-state index contributed by atoms with van der Waals surface area (Å²) < 4.78 is 39.1. The number of hydrogen-bond acceptors (Lipinski definition) is 5. The Morgan fingerprint density at radius 3 is 2.15 bits per heavy atom. The van der Waals surface area contributed by atoms with Gasteiger partial charge < -0.3 is 14.8 Å². The number of amides is 1. The number of methoxy groups -OCH3 is 2. The molecule has 0 bridgehead atoms. The molecule has 0 spiro atoms. The number of anilines is 1. The Balaban J connectivity index is 1.93. The normalized spacial score (nSPS) is 12.1. The average molecular weight is 509 g/mol. The van der Waals surface area contributed by atoms with Crippen LogP contribution < -0.4 is 19.5 Å². The SMILES string of the molecule is COc1ccc(S(=O)(=O)N[C@H](Cc2ccccc2)C(=O)Nc2c(Cl)cccc2Cl)cc1OC. The molecule has 0 saturated carbocycles. The molecule has 0 aliphatic rings. The van der Waals surface area contributed by atoms with Crippen molar-refractivity contribution in [3.63, 3.8) is 0 Å². The number of rotatable bonds is 9. The van der Waals surface area contributed by atoms with Crippen LogP contribution in [0.2, 0.25) is 10.0 Å². The number of benzene rings is 3. The summed E-state index contributed by atoms with van der Waals surface area (Å²) in [4.78, 5) is 13.1. The molecule has 33 heavy (non-hydrogen) atoms. The van der Waals surface area contributed by atoms with Crippen LogP contribution in [0, 0.1) is 0 Å². The van der Waals surface area contributed by atoms with Gasteiger partial charge in [0.25, 0.3) is 0 Å². The number of para-hydroxylation sites is 1. The Hall–Kier alpha value is -2.78. The van der Waals surface area contributed by atoms with E-state index in [-0.39, 0.29) is 32.8 Å². The van der Waals surface area contributed by atoms with Crippen molar-refractivity contribution in [2.45, 2.75) is 17.4 Å². The maximum atomic E-state index is 13.2. The van der Waals surface area contributed by atoms with Crippen molar-refractivity contribution >= 4 is 44.8 Å². The van der Waals surface area contributed by atoms with E-state index in [9.17, 15) is 13.2 Å². The van der Waals surface area contributed by atoms with E-state index in [1.54, 1.807) is 42.5 Å². The number of halogens is 2. The van der Waals surface area contributed by atoms with Crippen LogP contribution in [0.25, 0.3) is 0 Å². The molecule has 7 nitrogen and oxygen atoms in total. The summed E-state index contributed by atoms with van der Waals surface area (Å²) in [5.74, 6) is 0.00794. The van der Waals surface area contributed by atoms with Gasteiger partial charge in [-0.15, -0.1) is 0 Å². The Labute approximate surface area is 202 Å². The summed E-state index contributed by atoms with van der Waals surface area (Å²) in [5.41, 5.74) is 0.965. The molecule has 3 aromatic rings. The van der Waals surface area contributed by atoms with E-state index in [1.165, 1.54) is 32.4 Å². The van der Waals surface area contributed by atoms with E-state index in [1.807, 2.05) is 6.07 Å². The summed E-state index contributed by atoms with van der Waals surface area (Å²) >= 11 is 12.3. The zero-order valence-electron chi connectivity index (χ0n) is 17.8. The molecule has 0 fully saturated rings. The van der Waals surface area contributed by atoms with Crippen molar-refractivity contribution in [3.05, 3.63) is 82.3 Å². The molecular weight excluding hydrogens is 487 g/mol. The lowest BCUT2D eigenvalue weighted by atomic mass is 10.1. The lowest BCUT2D eigenvalue weighted by Gasteiger charge is -2.20. The summed E-state index contributed by atoms with van der Waals surface area (Å²) in [5, 5.41) is 3.11. The van der Waals surface area contributed by atoms with Crippen LogP contribution in [-0.2, 0) is 21.2 Å². The predicted molar refractivity (Wildman–Crippen MR) is 129 cm³/mol. The van der Waals surface area contributed by atoms with Crippen molar-refractivity contribution in [3.8, 4) is 11.5 Å². The first-order valence-electron chi connectivity index (χ1n) is 9.78. The zero-order valence-corrected chi connectivity index (χ0v) is 20.2. The third kappa shape index (κ3) is 6.17. The quantitative estimate of drug-likeness (QED) is 0.442. The van der Waals surface area contributed by atoms with Gasteiger partial charge in [-0.25, -0.2) is 8.42 Å². The zero-order chi connectivity index (χ0) is 24.0. The number of hydrogen-bond donors (Lipinski definition) is 2. The first-order chi connectivity index (χ1) is 15.7. The van der Waals surface area contributed by atoms with Gasteiger partial charge >= 0.3 is 0 Å². The molecule has 1 atom stereocenters. The van der Waals surface area contributed by atoms with E-state index >= 15 is 0 Å². The fourth-order valence-corrected chi connectivity index (χ4v) is 4.81. The first-order valence-corrected chi connectivity index (χ1v) is 12.0. The van der Waals surface area contributed by atoms with Gasteiger partial charge in [0, 0.05) is 6.07 Å². The monoisotopic (exact) mass is 508 g/mol. The smallest absolute Gasteiger partial charge is 0.242 e. The fourth-order valence-electron chi connectivity index (χ4n) is 3.10. The summed E-state index contributed by atoms with van der Waals surface area (Å²) in [6, 6.07) is 16.8. The van der Waals surface area contributed by atoms with E-state index in [0.717, 1.165) is 5.56 Å². The van der Waals surface area contributed by atoms with Gasteiger partial charge in [0.05, 0.1) is 34.8 Å². The molecule has 10 heteroatoms. The van der Waals surface area contributed by atoms with Crippen molar-refractivity contribution in [2.24, 2.45) is 0 Å². The predicted octanol–water partition coefficient (Wildman–Crippen LogP) is 4.54. The Kier molecular flexibility index (Phi) is 8.20. The lowest BCUT2D eigenvalue weighted by Crippen LogP contribution is -2.45. The molecule has 2 N–H and O–H groups in total. The van der Waals surface area contributed by atoms with E-state index in [0.29, 0.717) is 5.75 Å². The van der Waals surface area contributed by atoms with E-state index in [2.05, 4.69) is 10.0 Å². The number of ether oxygens (including phenoxy) is 2. The second-order valence-electron chi connectivity index (χ2n) is 6.97. The molecule has 0 unspecified atom stereocenters. The highest BCUT2D eigenvalue weighted by Crippen LogP contribution is 2.31. The van der Waals surface area contributed by atoms with Crippen LogP contribution in [0.3, 0.4) is 0 Å². The van der Waals surface area contributed by atoms with Crippen LogP contribution in [0.5, 0.6) is 11.5 Å². The largest absolute Gasteiger partial charge is 0.493 e. The minimum atomic E-state index is -4.11. The minimum Gasteiger partial charge on any atom is -0.493 e.